The van der Waals surface area contributed by atoms with Crippen LogP contribution in [0, 0.1) is 35.5 Å². The first-order valence-corrected chi connectivity index (χ1v) is 12.7. The highest BCUT2D eigenvalue weighted by Gasteiger charge is 2.52. The Hall–Kier alpha value is -2.89. The van der Waals surface area contributed by atoms with Crippen LogP contribution in [0.3, 0.4) is 0 Å². The van der Waals surface area contributed by atoms with Gasteiger partial charge in [0.15, 0.2) is 0 Å². The lowest BCUT2D eigenvalue weighted by molar-refractivity contribution is -0.127. The molecule has 3 saturated carbocycles. The van der Waals surface area contributed by atoms with E-state index >= 15 is 0 Å². The SMILES string of the molecule is O=C(NCc1nc2ccccc2[nH]1)[C@@H]1CC[C@H]2[C@@H]3CCC4[C@H](C=Cc5nccn54)[C@H]3CC[C@@H]21. The van der Waals surface area contributed by atoms with Crippen molar-refractivity contribution in [1.29, 1.82) is 0 Å². The van der Waals surface area contributed by atoms with Crippen molar-refractivity contribution in [2.45, 2.75) is 51.1 Å². The standard InChI is InChI=1S/C27H31N5O/c33-27(29-15-25-30-22-3-1-2-4-23(22)31-25)21-8-7-16-17-9-11-24-20(18(17)5-6-19(16)21)10-12-26-28-13-14-32(24)26/h1-4,10,12-14,16-21,24H,5-9,11,15H2,(H,29,33)(H,30,31)/t16-,17-,18-,19-,20+,21+,24?/m0/s1. The molecule has 3 fully saturated rings. The zero-order valence-electron chi connectivity index (χ0n) is 18.9. The molecular weight excluding hydrogens is 410 g/mol. The molecule has 3 aliphatic carbocycles. The molecule has 1 aromatic carbocycles. The largest absolute Gasteiger partial charge is 0.349 e. The number of aromatic nitrogens is 4. The maximum absolute atomic E-state index is 13.2. The van der Waals surface area contributed by atoms with E-state index in [4.69, 9.17) is 0 Å². The second kappa shape index (κ2) is 7.57. The van der Waals surface area contributed by atoms with E-state index in [0.717, 1.165) is 40.9 Å². The fraction of sp³-hybridized carbons (Fsp3) is 0.519. The predicted molar refractivity (Wildman–Crippen MR) is 127 cm³/mol. The molecule has 2 aromatic heterocycles. The van der Waals surface area contributed by atoms with Crippen molar-refractivity contribution in [2.24, 2.45) is 35.5 Å². The van der Waals surface area contributed by atoms with Gasteiger partial charge in [-0.05, 0) is 80.4 Å². The maximum atomic E-state index is 13.2. The molecule has 0 saturated heterocycles. The quantitative estimate of drug-likeness (QED) is 0.617. The molecule has 2 N–H and O–H groups in total. The number of amides is 1. The van der Waals surface area contributed by atoms with Gasteiger partial charge < -0.3 is 14.9 Å². The third-order valence-electron chi connectivity index (χ3n) is 9.27. The maximum Gasteiger partial charge on any atom is 0.223 e. The van der Waals surface area contributed by atoms with Crippen LogP contribution < -0.4 is 5.32 Å². The van der Waals surface area contributed by atoms with Crippen molar-refractivity contribution < 1.29 is 4.79 Å². The van der Waals surface area contributed by atoms with Gasteiger partial charge in [-0.15, -0.1) is 0 Å². The van der Waals surface area contributed by atoms with Crippen LogP contribution in [0.5, 0.6) is 0 Å². The summed E-state index contributed by atoms with van der Waals surface area (Å²) in [4.78, 5) is 25.7. The number of H-pyrrole nitrogens is 1. The highest BCUT2D eigenvalue weighted by atomic mass is 16.1. The number of para-hydroxylation sites is 2. The summed E-state index contributed by atoms with van der Waals surface area (Å²) < 4.78 is 2.41. The topological polar surface area (TPSA) is 75.6 Å². The molecule has 170 valence electrons. The number of rotatable bonds is 3. The lowest BCUT2D eigenvalue weighted by Gasteiger charge is -2.51. The van der Waals surface area contributed by atoms with Gasteiger partial charge in [-0.1, -0.05) is 18.2 Å². The van der Waals surface area contributed by atoms with Gasteiger partial charge >= 0.3 is 0 Å². The van der Waals surface area contributed by atoms with Crippen molar-refractivity contribution in [3.05, 3.63) is 54.4 Å². The van der Waals surface area contributed by atoms with E-state index < -0.39 is 0 Å². The Kier molecular flexibility index (Phi) is 4.49. The number of allylic oxidation sites excluding steroid dienone is 1. The van der Waals surface area contributed by atoms with Gasteiger partial charge in [-0.2, -0.15) is 0 Å². The molecular formula is C27H31N5O. The molecule has 7 atom stereocenters. The third kappa shape index (κ3) is 3.10. The van der Waals surface area contributed by atoms with E-state index in [1.807, 2.05) is 30.5 Å². The van der Waals surface area contributed by atoms with Crippen molar-refractivity contribution in [3.63, 3.8) is 0 Å². The molecule has 1 unspecified atom stereocenters. The summed E-state index contributed by atoms with van der Waals surface area (Å²) in [5.41, 5.74) is 1.98. The number of benzene rings is 1. The van der Waals surface area contributed by atoms with E-state index in [1.54, 1.807) is 0 Å². The van der Waals surface area contributed by atoms with E-state index in [9.17, 15) is 4.79 Å². The monoisotopic (exact) mass is 441 g/mol. The van der Waals surface area contributed by atoms with Crippen LogP contribution in [0.25, 0.3) is 17.1 Å². The number of fused-ring (bicyclic) bond motifs is 8. The van der Waals surface area contributed by atoms with Crippen LogP contribution in [-0.2, 0) is 11.3 Å². The molecule has 0 spiro atoms. The van der Waals surface area contributed by atoms with Crippen LogP contribution in [0.2, 0.25) is 0 Å². The van der Waals surface area contributed by atoms with Crippen LogP contribution in [0.1, 0.15) is 56.2 Å². The molecule has 4 aliphatic rings. The Labute approximate surface area is 193 Å². The average molecular weight is 442 g/mol. The van der Waals surface area contributed by atoms with Crippen LogP contribution >= 0.6 is 0 Å². The Balaban J connectivity index is 1.03. The number of hydrogen-bond donors (Lipinski definition) is 2. The van der Waals surface area contributed by atoms with Gasteiger partial charge in [0.2, 0.25) is 5.91 Å². The summed E-state index contributed by atoms with van der Waals surface area (Å²) in [6, 6.07) is 8.60. The number of hydrogen-bond acceptors (Lipinski definition) is 3. The van der Waals surface area contributed by atoms with Crippen molar-refractivity contribution in [2.75, 3.05) is 0 Å². The molecule has 3 heterocycles. The highest BCUT2D eigenvalue weighted by Crippen LogP contribution is 2.58. The predicted octanol–water partition coefficient (Wildman–Crippen LogP) is 4.72. The Morgan fingerprint density at radius 1 is 1.03 bits per heavy atom. The average Bonchev–Trinajstić information content (AvgIpc) is 3.59. The number of aromatic amines is 1. The minimum Gasteiger partial charge on any atom is -0.349 e. The zero-order chi connectivity index (χ0) is 21.9. The molecule has 6 heteroatoms. The first kappa shape index (κ1) is 19.6. The minimum atomic E-state index is 0.167. The van der Waals surface area contributed by atoms with Crippen LogP contribution in [0.15, 0.2) is 42.7 Å². The minimum absolute atomic E-state index is 0.167. The number of nitrogens with zero attached hydrogens (tertiary/aromatic N) is 3. The molecule has 3 aromatic rings. The van der Waals surface area contributed by atoms with Gasteiger partial charge in [0, 0.05) is 30.3 Å². The Morgan fingerprint density at radius 3 is 2.79 bits per heavy atom. The smallest absolute Gasteiger partial charge is 0.223 e. The Bertz CT molecular complexity index is 1190. The summed E-state index contributed by atoms with van der Waals surface area (Å²) in [6.45, 7) is 0.481. The molecule has 1 aliphatic heterocycles. The van der Waals surface area contributed by atoms with Gasteiger partial charge in [-0.3, -0.25) is 4.79 Å². The van der Waals surface area contributed by atoms with E-state index in [0.29, 0.717) is 30.3 Å². The molecule has 7 rings (SSSR count). The van der Waals surface area contributed by atoms with E-state index in [-0.39, 0.29) is 11.8 Å². The highest BCUT2D eigenvalue weighted by molar-refractivity contribution is 5.79. The number of carbonyl (C=O) groups is 1. The summed E-state index contributed by atoms with van der Waals surface area (Å²) >= 11 is 0. The summed E-state index contributed by atoms with van der Waals surface area (Å²) in [6.07, 6.45) is 16.0. The summed E-state index contributed by atoms with van der Waals surface area (Å²) in [5, 5.41) is 3.21. The van der Waals surface area contributed by atoms with E-state index in [1.165, 1.54) is 32.1 Å². The first-order chi connectivity index (χ1) is 16.3. The molecule has 1 amide bonds. The lowest BCUT2D eigenvalue weighted by Crippen LogP contribution is -2.45. The number of imidazole rings is 2. The zero-order valence-corrected chi connectivity index (χ0v) is 18.9. The Morgan fingerprint density at radius 2 is 1.85 bits per heavy atom. The number of carbonyl (C=O) groups excluding carboxylic acids is 1. The first-order valence-electron chi connectivity index (χ1n) is 12.7. The van der Waals surface area contributed by atoms with Crippen molar-refractivity contribution in [3.8, 4) is 0 Å². The van der Waals surface area contributed by atoms with E-state index in [2.05, 4.69) is 43.2 Å². The fourth-order valence-electron chi connectivity index (χ4n) is 7.95. The molecule has 33 heavy (non-hydrogen) atoms. The second-order valence-electron chi connectivity index (χ2n) is 10.6. The fourth-order valence-corrected chi connectivity index (χ4v) is 7.95. The van der Waals surface area contributed by atoms with Crippen LogP contribution in [-0.4, -0.2) is 25.4 Å². The van der Waals surface area contributed by atoms with Crippen molar-refractivity contribution in [1.82, 2.24) is 24.8 Å². The summed E-state index contributed by atoms with van der Waals surface area (Å²) in [7, 11) is 0. The van der Waals surface area contributed by atoms with Gasteiger partial charge in [0.1, 0.15) is 11.6 Å². The van der Waals surface area contributed by atoms with Gasteiger partial charge in [0.05, 0.1) is 17.6 Å². The number of nitrogens with one attached hydrogen (secondary N) is 2. The van der Waals surface area contributed by atoms with Crippen molar-refractivity contribution >= 4 is 23.0 Å². The normalized spacial score (nSPS) is 34.4. The molecule has 0 radical (unpaired) electrons. The lowest BCUT2D eigenvalue weighted by atomic mass is 9.56. The third-order valence-corrected chi connectivity index (χ3v) is 9.27. The molecule has 0 bridgehead atoms. The van der Waals surface area contributed by atoms with Gasteiger partial charge in [0.25, 0.3) is 0 Å². The van der Waals surface area contributed by atoms with Gasteiger partial charge in [-0.25, -0.2) is 9.97 Å². The molecule has 6 nitrogen and oxygen atoms in total. The van der Waals surface area contributed by atoms with Crippen LogP contribution in [0.4, 0.5) is 0 Å². The summed E-state index contributed by atoms with van der Waals surface area (Å²) in [5.74, 6) is 5.78. The second-order valence-corrected chi connectivity index (χ2v) is 10.6.